The van der Waals surface area contributed by atoms with Crippen molar-refractivity contribution in [1.82, 2.24) is 9.88 Å². The van der Waals surface area contributed by atoms with E-state index in [0.29, 0.717) is 16.9 Å². The third-order valence-electron chi connectivity index (χ3n) is 2.85. The summed E-state index contributed by atoms with van der Waals surface area (Å²) in [5.41, 5.74) is 2.63. The maximum atomic E-state index is 12.0. The highest BCUT2D eigenvalue weighted by atomic mass is 79.9. The molecule has 1 aromatic carbocycles. The summed E-state index contributed by atoms with van der Waals surface area (Å²) in [7, 11) is 4.00. The van der Waals surface area contributed by atoms with Crippen LogP contribution in [0.1, 0.15) is 21.6 Å². The predicted molar refractivity (Wildman–Crippen MR) is 85.0 cm³/mol. The van der Waals surface area contributed by atoms with Crippen molar-refractivity contribution in [1.29, 1.82) is 5.26 Å². The van der Waals surface area contributed by atoms with Crippen LogP contribution in [0.5, 0.6) is 0 Å². The van der Waals surface area contributed by atoms with Crippen molar-refractivity contribution in [2.75, 3.05) is 19.4 Å². The summed E-state index contributed by atoms with van der Waals surface area (Å²) in [4.78, 5) is 16.9. The molecule has 0 aliphatic rings. The maximum absolute atomic E-state index is 12.0. The van der Waals surface area contributed by atoms with Gasteiger partial charge in [0.15, 0.2) is 0 Å². The first-order chi connectivity index (χ1) is 9.99. The van der Waals surface area contributed by atoms with Crippen LogP contribution in [0.3, 0.4) is 0 Å². The van der Waals surface area contributed by atoms with Gasteiger partial charge in [-0.2, -0.15) is 5.26 Å². The van der Waals surface area contributed by atoms with E-state index in [9.17, 15) is 4.79 Å². The molecule has 2 rings (SSSR count). The van der Waals surface area contributed by atoms with E-state index >= 15 is 0 Å². The van der Waals surface area contributed by atoms with Gasteiger partial charge in [0.05, 0.1) is 5.56 Å². The molecule has 0 radical (unpaired) electrons. The minimum Gasteiger partial charge on any atom is -0.356 e. The molecule has 0 aliphatic heterocycles. The van der Waals surface area contributed by atoms with Gasteiger partial charge in [-0.3, -0.25) is 4.79 Å². The first kappa shape index (κ1) is 15.3. The zero-order chi connectivity index (χ0) is 15.4. The van der Waals surface area contributed by atoms with Crippen molar-refractivity contribution in [3.63, 3.8) is 0 Å². The lowest BCUT2D eigenvalue weighted by atomic mass is 10.2. The maximum Gasteiger partial charge on any atom is 0.272 e. The molecule has 2 N–H and O–H groups in total. The third kappa shape index (κ3) is 3.94. The molecule has 0 fully saturated rings. The van der Waals surface area contributed by atoms with E-state index in [-0.39, 0.29) is 5.91 Å². The van der Waals surface area contributed by atoms with Gasteiger partial charge in [0.1, 0.15) is 11.8 Å². The predicted octanol–water partition coefficient (Wildman–Crippen LogP) is 2.96. The lowest BCUT2D eigenvalue weighted by molar-refractivity contribution is 0.102. The molecule has 0 aliphatic carbocycles. The highest BCUT2D eigenvalue weighted by molar-refractivity contribution is 9.10. The smallest absolute Gasteiger partial charge is 0.272 e. The summed E-state index contributed by atoms with van der Waals surface area (Å²) in [5.74, 6) is -0.274. The Bertz CT molecular complexity index is 700. The van der Waals surface area contributed by atoms with Gasteiger partial charge in [-0.25, -0.2) is 0 Å². The molecule has 0 unspecified atom stereocenters. The lowest BCUT2D eigenvalue weighted by Gasteiger charge is -2.12. The number of halogens is 1. The van der Waals surface area contributed by atoms with Crippen molar-refractivity contribution < 1.29 is 4.79 Å². The van der Waals surface area contributed by atoms with Gasteiger partial charge in [-0.1, -0.05) is 22.0 Å². The first-order valence-corrected chi connectivity index (χ1v) is 7.12. The number of benzene rings is 1. The van der Waals surface area contributed by atoms with Crippen LogP contribution < -0.4 is 5.32 Å². The number of carbonyl (C=O) groups is 1. The fourth-order valence-electron chi connectivity index (χ4n) is 1.88. The van der Waals surface area contributed by atoms with Crippen LogP contribution in [0, 0.1) is 11.3 Å². The molecule has 1 aromatic heterocycles. The normalized spacial score (nSPS) is 10.4. The minimum atomic E-state index is -0.274. The van der Waals surface area contributed by atoms with Gasteiger partial charge in [-0.15, -0.1) is 0 Å². The molecule has 2 aromatic rings. The van der Waals surface area contributed by atoms with E-state index in [4.69, 9.17) is 5.26 Å². The van der Waals surface area contributed by atoms with Gasteiger partial charge < -0.3 is 15.2 Å². The summed E-state index contributed by atoms with van der Waals surface area (Å²) < 4.78 is 0.943. The third-order valence-corrected chi connectivity index (χ3v) is 3.59. The Hall–Kier alpha value is -2.10. The van der Waals surface area contributed by atoms with Crippen LogP contribution in [-0.2, 0) is 6.54 Å². The average molecular weight is 347 g/mol. The van der Waals surface area contributed by atoms with Crippen LogP contribution in [0.2, 0.25) is 0 Å². The summed E-state index contributed by atoms with van der Waals surface area (Å²) in [5, 5.41) is 11.5. The molecule has 0 saturated carbocycles. The molecule has 1 amide bonds. The number of hydrogen-bond donors (Lipinski definition) is 2. The quantitative estimate of drug-likeness (QED) is 0.893. The zero-order valence-electron chi connectivity index (χ0n) is 11.8. The topological polar surface area (TPSA) is 71.9 Å². The monoisotopic (exact) mass is 346 g/mol. The van der Waals surface area contributed by atoms with Crippen molar-refractivity contribution in [3.8, 4) is 6.07 Å². The van der Waals surface area contributed by atoms with Crippen molar-refractivity contribution in [3.05, 3.63) is 51.8 Å². The van der Waals surface area contributed by atoms with E-state index in [1.54, 1.807) is 0 Å². The Labute approximate surface area is 131 Å². The molecule has 0 spiro atoms. The number of amides is 1. The number of H-pyrrole nitrogens is 1. The van der Waals surface area contributed by atoms with Crippen LogP contribution in [-0.4, -0.2) is 29.9 Å². The largest absolute Gasteiger partial charge is 0.356 e. The molecule has 21 heavy (non-hydrogen) atoms. The number of nitrogens with zero attached hydrogens (tertiary/aromatic N) is 2. The number of aromatic nitrogens is 1. The standard InChI is InChI=1S/C15H15BrN4O/c1-20(2)9-11-3-4-12(6-13(11)16)19-15(21)14-5-10(7-17)8-18-14/h3-6,8,18H,9H2,1-2H3,(H,19,21). The highest BCUT2D eigenvalue weighted by Crippen LogP contribution is 2.23. The highest BCUT2D eigenvalue weighted by Gasteiger charge is 2.10. The number of hydrogen-bond acceptors (Lipinski definition) is 3. The van der Waals surface area contributed by atoms with E-state index in [1.165, 1.54) is 12.3 Å². The van der Waals surface area contributed by atoms with Crippen LogP contribution in [0.4, 0.5) is 5.69 Å². The molecular formula is C15H15BrN4O. The van der Waals surface area contributed by atoms with Gasteiger partial charge in [-0.05, 0) is 37.9 Å². The van der Waals surface area contributed by atoms with Crippen molar-refractivity contribution in [2.24, 2.45) is 0 Å². The van der Waals surface area contributed by atoms with Crippen LogP contribution in [0.15, 0.2) is 34.9 Å². The average Bonchev–Trinajstić information content (AvgIpc) is 2.90. The van der Waals surface area contributed by atoms with Crippen LogP contribution in [0.25, 0.3) is 0 Å². The number of aromatic amines is 1. The van der Waals surface area contributed by atoms with Crippen molar-refractivity contribution in [2.45, 2.75) is 6.54 Å². The molecule has 108 valence electrons. The number of rotatable bonds is 4. The minimum absolute atomic E-state index is 0.274. The van der Waals surface area contributed by atoms with Gasteiger partial charge in [0.25, 0.3) is 5.91 Å². The fourth-order valence-corrected chi connectivity index (χ4v) is 2.39. The lowest BCUT2D eigenvalue weighted by Crippen LogP contribution is -2.13. The number of nitrogens with one attached hydrogen (secondary N) is 2. The van der Waals surface area contributed by atoms with E-state index in [2.05, 4.69) is 31.1 Å². The van der Waals surface area contributed by atoms with Gasteiger partial charge in [0, 0.05) is 22.9 Å². The summed E-state index contributed by atoms with van der Waals surface area (Å²) >= 11 is 3.51. The summed E-state index contributed by atoms with van der Waals surface area (Å²) in [6.07, 6.45) is 1.50. The van der Waals surface area contributed by atoms with E-state index in [1.807, 2.05) is 38.4 Å². The molecule has 0 atom stereocenters. The SMILES string of the molecule is CN(C)Cc1ccc(NC(=O)c2cc(C#N)c[nH]2)cc1Br. The van der Waals surface area contributed by atoms with Gasteiger partial charge in [0.2, 0.25) is 0 Å². The molecule has 6 heteroatoms. The second-order valence-electron chi connectivity index (χ2n) is 4.91. The van der Waals surface area contributed by atoms with E-state index in [0.717, 1.165) is 16.6 Å². The second kappa shape index (κ2) is 6.57. The van der Waals surface area contributed by atoms with E-state index < -0.39 is 0 Å². The Morgan fingerprint density at radius 2 is 2.19 bits per heavy atom. The molecule has 0 saturated heterocycles. The molecule has 0 bridgehead atoms. The number of nitriles is 1. The van der Waals surface area contributed by atoms with Crippen molar-refractivity contribution >= 4 is 27.5 Å². The Balaban J connectivity index is 2.11. The van der Waals surface area contributed by atoms with Crippen LogP contribution >= 0.6 is 15.9 Å². The Morgan fingerprint density at radius 3 is 2.76 bits per heavy atom. The summed E-state index contributed by atoms with van der Waals surface area (Å²) in [6, 6.07) is 9.19. The second-order valence-corrected chi connectivity index (χ2v) is 5.77. The Morgan fingerprint density at radius 1 is 1.43 bits per heavy atom. The summed E-state index contributed by atoms with van der Waals surface area (Å²) in [6.45, 7) is 0.816. The molecular weight excluding hydrogens is 332 g/mol. The molecule has 5 nitrogen and oxygen atoms in total. The fraction of sp³-hybridized carbons (Fsp3) is 0.200. The number of carbonyl (C=O) groups excluding carboxylic acids is 1. The first-order valence-electron chi connectivity index (χ1n) is 6.32. The molecule has 1 heterocycles. The number of anilines is 1. The zero-order valence-corrected chi connectivity index (χ0v) is 13.4. The Kier molecular flexibility index (Phi) is 4.78. The van der Waals surface area contributed by atoms with Gasteiger partial charge >= 0.3 is 0 Å².